The fourth-order valence-electron chi connectivity index (χ4n) is 2.48. The largest absolute Gasteiger partial charge is 0.573 e. The third-order valence-corrected chi connectivity index (χ3v) is 4.37. The second-order valence-electron chi connectivity index (χ2n) is 6.34. The van der Waals surface area contributed by atoms with Gasteiger partial charge in [0.1, 0.15) is 11.4 Å². The number of alkyl halides is 3. The number of carbonyl (C=O) groups excluding carboxylic acids is 1. The van der Waals surface area contributed by atoms with Crippen molar-refractivity contribution >= 4 is 23.3 Å². The summed E-state index contributed by atoms with van der Waals surface area (Å²) in [7, 11) is 0. The van der Waals surface area contributed by atoms with Crippen molar-refractivity contribution in [2.75, 3.05) is 11.9 Å². The van der Waals surface area contributed by atoms with Crippen molar-refractivity contribution in [1.29, 1.82) is 0 Å². The molecule has 2 N–H and O–H groups in total. The van der Waals surface area contributed by atoms with E-state index in [1.807, 2.05) is 0 Å². The lowest BCUT2D eigenvalue weighted by Gasteiger charge is -2.13. The summed E-state index contributed by atoms with van der Waals surface area (Å²) in [6.45, 7) is 0.564. The molecule has 1 fully saturated rings. The van der Waals surface area contributed by atoms with Gasteiger partial charge in [0.25, 0.3) is 5.91 Å². The zero-order chi connectivity index (χ0) is 20.3. The maximum Gasteiger partial charge on any atom is 0.573 e. The molecular formula is C18H16ClF4N3O2. The van der Waals surface area contributed by atoms with Crippen LogP contribution in [0.3, 0.4) is 0 Å². The van der Waals surface area contributed by atoms with Crippen molar-refractivity contribution < 1.29 is 27.1 Å². The van der Waals surface area contributed by atoms with E-state index in [-0.39, 0.29) is 22.7 Å². The van der Waals surface area contributed by atoms with Crippen LogP contribution in [0, 0.1) is 11.7 Å². The number of ether oxygens (including phenoxy) is 1. The molecule has 0 radical (unpaired) electrons. The Morgan fingerprint density at radius 2 is 2.04 bits per heavy atom. The molecule has 1 aliphatic rings. The number of halogens is 5. The minimum atomic E-state index is -4.99. The van der Waals surface area contributed by atoms with E-state index in [0.29, 0.717) is 18.3 Å². The molecule has 0 bridgehead atoms. The van der Waals surface area contributed by atoms with E-state index in [2.05, 4.69) is 20.4 Å². The Morgan fingerprint density at radius 3 is 2.68 bits per heavy atom. The number of benzene rings is 1. The fourth-order valence-corrected chi connectivity index (χ4v) is 2.72. The zero-order valence-electron chi connectivity index (χ0n) is 14.4. The van der Waals surface area contributed by atoms with Crippen LogP contribution in [-0.2, 0) is 6.54 Å². The van der Waals surface area contributed by atoms with Crippen LogP contribution in [0.4, 0.5) is 23.4 Å². The molecule has 10 heteroatoms. The van der Waals surface area contributed by atoms with Gasteiger partial charge in [-0.1, -0.05) is 17.7 Å². The highest BCUT2D eigenvalue weighted by Gasteiger charge is 2.32. The summed E-state index contributed by atoms with van der Waals surface area (Å²) in [5.41, 5.74) is 0.412. The van der Waals surface area contributed by atoms with E-state index in [0.717, 1.165) is 25.0 Å². The molecule has 0 saturated heterocycles. The molecule has 0 aliphatic heterocycles. The molecule has 1 heterocycles. The van der Waals surface area contributed by atoms with E-state index in [1.54, 1.807) is 0 Å². The summed E-state index contributed by atoms with van der Waals surface area (Å²) in [5, 5.41) is 5.86. The van der Waals surface area contributed by atoms with E-state index >= 15 is 0 Å². The molecule has 28 heavy (non-hydrogen) atoms. The number of carbonyl (C=O) groups is 1. The number of anilines is 1. The van der Waals surface area contributed by atoms with Crippen molar-refractivity contribution in [3.63, 3.8) is 0 Å². The van der Waals surface area contributed by atoms with Crippen LogP contribution in [0.25, 0.3) is 0 Å². The van der Waals surface area contributed by atoms with Gasteiger partial charge in [-0.15, -0.1) is 13.2 Å². The highest BCUT2D eigenvalue weighted by atomic mass is 35.5. The van der Waals surface area contributed by atoms with Gasteiger partial charge in [0.15, 0.2) is 11.6 Å². The summed E-state index contributed by atoms with van der Waals surface area (Å²) in [5.74, 6) is -1.76. The van der Waals surface area contributed by atoms with Crippen LogP contribution in [0.5, 0.6) is 5.75 Å². The monoisotopic (exact) mass is 417 g/mol. The van der Waals surface area contributed by atoms with E-state index < -0.39 is 23.8 Å². The van der Waals surface area contributed by atoms with Gasteiger partial charge in [-0.25, -0.2) is 9.37 Å². The number of nitrogens with zero attached hydrogens (tertiary/aromatic N) is 1. The number of hydrogen-bond donors (Lipinski definition) is 2. The van der Waals surface area contributed by atoms with Crippen molar-refractivity contribution in [1.82, 2.24) is 10.3 Å². The van der Waals surface area contributed by atoms with Crippen molar-refractivity contribution in [3.8, 4) is 5.75 Å². The molecule has 5 nitrogen and oxygen atoms in total. The Bertz CT molecular complexity index is 872. The number of rotatable bonds is 7. The summed E-state index contributed by atoms with van der Waals surface area (Å²) < 4.78 is 53.9. The zero-order valence-corrected chi connectivity index (χ0v) is 15.2. The molecular weight excluding hydrogens is 402 g/mol. The lowest BCUT2D eigenvalue weighted by atomic mass is 10.2. The summed E-state index contributed by atoms with van der Waals surface area (Å²) in [4.78, 5) is 16.7. The summed E-state index contributed by atoms with van der Waals surface area (Å²) >= 11 is 6.12. The smallest absolute Gasteiger partial charge is 0.403 e. The maximum atomic E-state index is 13.8. The minimum absolute atomic E-state index is 0.116. The van der Waals surface area contributed by atoms with E-state index in [9.17, 15) is 22.4 Å². The Hall–Kier alpha value is -2.55. The SMILES string of the molecule is O=C(NCc1ccc(OC(F)(F)F)c(F)c1)c1c(Cl)ccnc1NCC1CC1. The molecule has 3 rings (SSSR count). The molecule has 1 amide bonds. The molecule has 1 aromatic carbocycles. The number of nitrogens with one attached hydrogen (secondary N) is 2. The van der Waals surface area contributed by atoms with Crippen LogP contribution in [-0.4, -0.2) is 23.8 Å². The van der Waals surface area contributed by atoms with Gasteiger partial charge in [-0.05, 0) is 42.5 Å². The predicted molar refractivity (Wildman–Crippen MR) is 94.7 cm³/mol. The van der Waals surface area contributed by atoms with Crippen molar-refractivity contribution in [2.24, 2.45) is 5.92 Å². The highest BCUT2D eigenvalue weighted by Crippen LogP contribution is 2.30. The van der Waals surface area contributed by atoms with Crippen LogP contribution in [0.1, 0.15) is 28.8 Å². The van der Waals surface area contributed by atoms with Gasteiger partial charge in [0.2, 0.25) is 0 Å². The number of pyridine rings is 1. The second kappa shape index (κ2) is 8.22. The van der Waals surface area contributed by atoms with Gasteiger partial charge in [-0.3, -0.25) is 4.79 Å². The van der Waals surface area contributed by atoms with E-state index in [4.69, 9.17) is 11.6 Å². The average Bonchev–Trinajstić information content (AvgIpc) is 3.43. The Balaban J connectivity index is 1.66. The van der Waals surface area contributed by atoms with Gasteiger partial charge >= 0.3 is 6.36 Å². The first-order chi connectivity index (χ1) is 13.2. The number of hydrogen-bond acceptors (Lipinski definition) is 4. The Morgan fingerprint density at radius 1 is 1.29 bits per heavy atom. The third-order valence-electron chi connectivity index (χ3n) is 4.06. The van der Waals surface area contributed by atoms with Gasteiger partial charge < -0.3 is 15.4 Å². The van der Waals surface area contributed by atoms with Gasteiger partial charge in [0.05, 0.1) is 5.02 Å². The first-order valence-electron chi connectivity index (χ1n) is 8.43. The fraction of sp³-hybridized carbons (Fsp3) is 0.333. The maximum absolute atomic E-state index is 13.8. The van der Waals surface area contributed by atoms with Crippen molar-refractivity contribution in [3.05, 3.63) is 52.4 Å². The van der Waals surface area contributed by atoms with Gasteiger partial charge in [-0.2, -0.15) is 0 Å². The standard InChI is InChI=1S/C18H16ClF4N3O2/c19-12-5-6-24-16(25-8-10-1-2-10)15(12)17(27)26-9-11-3-4-14(13(20)7-11)28-18(21,22)23/h3-7,10H,1-2,8-9H2,(H,24,25)(H,26,27). The van der Waals surface area contributed by atoms with Crippen LogP contribution >= 0.6 is 11.6 Å². The first-order valence-corrected chi connectivity index (χ1v) is 8.81. The molecule has 1 aromatic heterocycles. The quantitative estimate of drug-likeness (QED) is 0.650. The summed E-state index contributed by atoms with van der Waals surface area (Å²) in [6, 6.07) is 4.41. The third kappa shape index (κ3) is 5.48. The lowest BCUT2D eigenvalue weighted by molar-refractivity contribution is -0.275. The number of aromatic nitrogens is 1. The average molecular weight is 418 g/mol. The van der Waals surface area contributed by atoms with Crippen LogP contribution in [0.2, 0.25) is 5.02 Å². The van der Waals surface area contributed by atoms with Crippen LogP contribution in [0.15, 0.2) is 30.5 Å². The molecule has 150 valence electrons. The lowest BCUT2D eigenvalue weighted by Crippen LogP contribution is -2.25. The molecule has 2 aromatic rings. The molecule has 0 atom stereocenters. The normalized spacial score (nSPS) is 13.9. The molecule has 1 saturated carbocycles. The van der Waals surface area contributed by atoms with E-state index in [1.165, 1.54) is 18.3 Å². The Kier molecular flexibility index (Phi) is 5.93. The summed E-state index contributed by atoms with van der Waals surface area (Å²) in [6.07, 6.45) is -1.27. The first kappa shape index (κ1) is 20.2. The predicted octanol–water partition coefficient (Wildman–Crippen LogP) is 4.52. The van der Waals surface area contributed by atoms with Crippen molar-refractivity contribution in [2.45, 2.75) is 25.7 Å². The topological polar surface area (TPSA) is 63.2 Å². The van der Waals surface area contributed by atoms with Gasteiger partial charge in [0, 0.05) is 19.3 Å². The molecule has 0 unspecified atom stereocenters. The molecule has 1 aliphatic carbocycles. The van der Waals surface area contributed by atoms with Crippen LogP contribution < -0.4 is 15.4 Å². The highest BCUT2D eigenvalue weighted by molar-refractivity contribution is 6.34. The Labute approximate surface area is 163 Å². The minimum Gasteiger partial charge on any atom is -0.403 e. The molecule has 0 spiro atoms. The number of amides is 1. The second-order valence-corrected chi connectivity index (χ2v) is 6.74.